The summed E-state index contributed by atoms with van der Waals surface area (Å²) in [5.41, 5.74) is -0.428. The lowest BCUT2D eigenvalue weighted by Gasteiger charge is -2.15. The number of hydrogen-bond donors (Lipinski definition) is 1. The molecule has 1 amide bonds. The van der Waals surface area contributed by atoms with E-state index in [9.17, 15) is 22.8 Å². The van der Waals surface area contributed by atoms with E-state index >= 15 is 0 Å². The topological polar surface area (TPSA) is 125 Å². The molecule has 3 rings (SSSR count). The van der Waals surface area contributed by atoms with Gasteiger partial charge in [0, 0.05) is 19.0 Å². The largest absolute Gasteiger partial charge is 0.333 e. The number of carbonyl (C=O) groups excluding carboxylic acids is 1. The van der Waals surface area contributed by atoms with Gasteiger partial charge in [0.15, 0.2) is 5.65 Å². The van der Waals surface area contributed by atoms with Gasteiger partial charge < -0.3 is 5.32 Å². The third-order valence-corrected chi connectivity index (χ3v) is 6.34. The molecule has 0 unspecified atom stereocenters. The number of amides is 1. The molecule has 0 saturated carbocycles. The molecule has 3 aromatic rings. The predicted octanol–water partition coefficient (Wildman–Crippen LogP) is 2.03. The van der Waals surface area contributed by atoms with Gasteiger partial charge in [-0.3, -0.25) is 18.7 Å². The highest BCUT2D eigenvalue weighted by molar-refractivity contribution is 7.90. The van der Waals surface area contributed by atoms with E-state index in [0.717, 1.165) is 10.8 Å². The Kier molecular flexibility index (Phi) is 5.66. The lowest BCUT2D eigenvalue weighted by Crippen LogP contribution is -2.41. The lowest BCUT2D eigenvalue weighted by atomic mass is 10.2. The fourth-order valence-electron chi connectivity index (χ4n) is 3.38. The second-order valence-electron chi connectivity index (χ2n) is 7.94. The molecule has 0 atom stereocenters. The number of hydrogen-bond acceptors (Lipinski definition) is 6. The average Bonchev–Trinajstić information content (AvgIpc) is 3.08. The summed E-state index contributed by atoms with van der Waals surface area (Å²) in [6, 6.07) is 3.79. The second kappa shape index (κ2) is 7.80. The molecule has 1 N–H and O–H groups in total. The molecule has 1 aromatic carbocycles. The summed E-state index contributed by atoms with van der Waals surface area (Å²) in [4.78, 5) is 37.2. The average molecular weight is 448 g/mol. The second-order valence-corrected chi connectivity index (χ2v) is 9.70. The van der Waals surface area contributed by atoms with Crippen LogP contribution in [0.3, 0.4) is 0 Å². The maximum Gasteiger partial charge on any atom is 0.333 e. The SMILES string of the molecule is CC(=O)Nc1ccc(C)cc1S(=O)(=O)n1cc2c(=O)n(C(C)C)c(=O)n(C(C)C)c2n1. The highest BCUT2D eigenvalue weighted by Crippen LogP contribution is 2.26. The molecule has 0 spiro atoms. The molecule has 0 aliphatic heterocycles. The van der Waals surface area contributed by atoms with Gasteiger partial charge in [0.05, 0.1) is 11.9 Å². The lowest BCUT2D eigenvalue weighted by molar-refractivity contribution is -0.114. The van der Waals surface area contributed by atoms with E-state index in [1.165, 1.54) is 23.6 Å². The molecule has 31 heavy (non-hydrogen) atoms. The number of carbonyl (C=O) groups is 1. The van der Waals surface area contributed by atoms with Crippen LogP contribution in [0.2, 0.25) is 0 Å². The van der Waals surface area contributed by atoms with E-state index in [4.69, 9.17) is 0 Å². The first kappa shape index (κ1) is 22.5. The van der Waals surface area contributed by atoms with Crippen LogP contribution in [-0.4, -0.2) is 32.6 Å². The van der Waals surface area contributed by atoms with Crippen molar-refractivity contribution in [2.24, 2.45) is 0 Å². The van der Waals surface area contributed by atoms with E-state index in [0.29, 0.717) is 9.65 Å². The molecule has 10 nitrogen and oxygen atoms in total. The van der Waals surface area contributed by atoms with Gasteiger partial charge >= 0.3 is 5.69 Å². The van der Waals surface area contributed by atoms with Crippen molar-refractivity contribution in [3.63, 3.8) is 0 Å². The summed E-state index contributed by atoms with van der Waals surface area (Å²) in [7, 11) is -4.28. The first-order valence-electron chi connectivity index (χ1n) is 9.76. The molecule has 0 saturated heterocycles. The number of fused-ring (bicyclic) bond motifs is 1. The van der Waals surface area contributed by atoms with Gasteiger partial charge in [0.25, 0.3) is 15.6 Å². The van der Waals surface area contributed by atoms with Crippen LogP contribution < -0.4 is 16.6 Å². The Morgan fingerprint density at radius 3 is 2.23 bits per heavy atom. The van der Waals surface area contributed by atoms with Crippen LogP contribution in [0.15, 0.2) is 38.9 Å². The van der Waals surface area contributed by atoms with Crippen molar-refractivity contribution >= 4 is 32.7 Å². The van der Waals surface area contributed by atoms with Gasteiger partial charge in [0.1, 0.15) is 10.3 Å². The molecule has 2 aromatic heterocycles. The summed E-state index contributed by atoms with van der Waals surface area (Å²) in [6.07, 6.45) is 1.12. The Bertz CT molecular complexity index is 1410. The molecule has 0 radical (unpaired) electrons. The Morgan fingerprint density at radius 2 is 1.68 bits per heavy atom. The highest BCUT2D eigenvalue weighted by Gasteiger charge is 2.27. The van der Waals surface area contributed by atoms with E-state index in [1.54, 1.807) is 40.7 Å². The number of benzene rings is 1. The third kappa shape index (κ3) is 3.80. The first-order valence-corrected chi connectivity index (χ1v) is 11.2. The normalized spacial score (nSPS) is 12.1. The zero-order valence-electron chi connectivity index (χ0n) is 18.2. The number of aryl methyl sites for hydroxylation is 1. The molecule has 0 aliphatic carbocycles. The van der Waals surface area contributed by atoms with Gasteiger partial charge in [-0.2, -0.15) is 12.5 Å². The molecule has 11 heteroatoms. The zero-order chi connectivity index (χ0) is 23.2. The van der Waals surface area contributed by atoms with Gasteiger partial charge in [0.2, 0.25) is 5.91 Å². The van der Waals surface area contributed by atoms with E-state index in [-0.39, 0.29) is 27.7 Å². The maximum absolute atomic E-state index is 13.4. The van der Waals surface area contributed by atoms with Crippen molar-refractivity contribution in [3.05, 3.63) is 50.8 Å². The van der Waals surface area contributed by atoms with Crippen molar-refractivity contribution in [2.45, 2.75) is 58.5 Å². The predicted molar refractivity (Wildman–Crippen MR) is 117 cm³/mol. The van der Waals surface area contributed by atoms with Crippen molar-refractivity contribution in [1.29, 1.82) is 0 Å². The van der Waals surface area contributed by atoms with Crippen LogP contribution in [-0.2, 0) is 14.8 Å². The molecular formula is C20H25N5O5S. The van der Waals surface area contributed by atoms with E-state index in [1.807, 2.05) is 0 Å². The number of anilines is 1. The zero-order valence-corrected chi connectivity index (χ0v) is 19.0. The molecule has 0 fully saturated rings. The monoisotopic (exact) mass is 447 g/mol. The number of rotatable bonds is 5. The number of nitrogens with one attached hydrogen (secondary N) is 1. The van der Waals surface area contributed by atoms with Crippen LogP contribution in [0.4, 0.5) is 5.69 Å². The smallest absolute Gasteiger partial charge is 0.325 e. The minimum Gasteiger partial charge on any atom is -0.325 e. The molecule has 0 bridgehead atoms. The van der Waals surface area contributed by atoms with Crippen LogP contribution in [0.5, 0.6) is 0 Å². The fraction of sp³-hybridized carbons (Fsp3) is 0.400. The highest BCUT2D eigenvalue weighted by atomic mass is 32.2. The third-order valence-electron chi connectivity index (χ3n) is 4.77. The summed E-state index contributed by atoms with van der Waals surface area (Å²) in [6.45, 7) is 9.89. The Morgan fingerprint density at radius 1 is 1.06 bits per heavy atom. The van der Waals surface area contributed by atoms with Crippen molar-refractivity contribution < 1.29 is 13.2 Å². The van der Waals surface area contributed by atoms with E-state index < -0.39 is 33.2 Å². The fourth-order valence-corrected chi connectivity index (χ4v) is 4.74. The number of aromatic nitrogens is 4. The minimum absolute atomic E-state index is 0.0132. The summed E-state index contributed by atoms with van der Waals surface area (Å²) in [5, 5.41) is 6.64. The maximum atomic E-state index is 13.4. The molecule has 2 heterocycles. The quantitative estimate of drug-likeness (QED) is 0.638. The summed E-state index contributed by atoms with van der Waals surface area (Å²) >= 11 is 0. The summed E-state index contributed by atoms with van der Waals surface area (Å²) < 4.78 is 29.9. The van der Waals surface area contributed by atoms with Crippen molar-refractivity contribution in [3.8, 4) is 0 Å². The van der Waals surface area contributed by atoms with Crippen LogP contribution >= 0.6 is 0 Å². The van der Waals surface area contributed by atoms with Gasteiger partial charge in [-0.15, -0.1) is 5.10 Å². The molecular weight excluding hydrogens is 422 g/mol. The number of nitrogens with zero attached hydrogens (tertiary/aromatic N) is 4. The van der Waals surface area contributed by atoms with Gasteiger partial charge in [-0.25, -0.2) is 4.79 Å². The Balaban J connectivity index is 2.38. The van der Waals surface area contributed by atoms with Crippen LogP contribution in [0.1, 0.15) is 52.3 Å². The van der Waals surface area contributed by atoms with Gasteiger partial charge in [-0.1, -0.05) is 6.07 Å². The van der Waals surface area contributed by atoms with Crippen LogP contribution in [0, 0.1) is 6.92 Å². The van der Waals surface area contributed by atoms with E-state index in [2.05, 4.69) is 10.4 Å². The standard InChI is InChI=1S/C20H25N5O5S/c1-11(2)24-18-15(19(27)25(12(3)4)20(24)28)10-23(22-18)31(29,30)17-9-13(5)7-8-16(17)21-14(6)26/h7-12H,1-6H3,(H,21,26). The minimum atomic E-state index is -4.28. The molecule has 166 valence electrons. The Labute approximate surface area is 179 Å². The summed E-state index contributed by atoms with van der Waals surface area (Å²) in [5.74, 6) is -0.431. The first-order chi connectivity index (χ1) is 14.4. The Hall–Kier alpha value is -3.21. The van der Waals surface area contributed by atoms with Gasteiger partial charge in [-0.05, 0) is 52.3 Å². The molecule has 0 aliphatic rings. The van der Waals surface area contributed by atoms with Crippen molar-refractivity contribution in [1.82, 2.24) is 18.3 Å². The van der Waals surface area contributed by atoms with Crippen LogP contribution in [0.25, 0.3) is 11.0 Å². The van der Waals surface area contributed by atoms with Crippen molar-refractivity contribution in [2.75, 3.05) is 5.32 Å².